The van der Waals surface area contributed by atoms with Gasteiger partial charge in [0.2, 0.25) is 0 Å². The lowest BCUT2D eigenvalue weighted by molar-refractivity contribution is 0.0735. The summed E-state index contributed by atoms with van der Waals surface area (Å²) in [5.41, 5.74) is 5.35. The van der Waals surface area contributed by atoms with Crippen LogP contribution in [0, 0.1) is 0 Å². The zero-order valence-corrected chi connectivity index (χ0v) is 11.0. The summed E-state index contributed by atoms with van der Waals surface area (Å²) < 4.78 is 5.68. The molecule has 17 heavy (non-hydrogen) atoms. The minimum absolute atomic E-state index is 0.0943. The number of halogens is 1. The molecule has 0 bridgehead atoms. The van der Waals surface area contributed by atoms with Crippen molar-refractivity contribution in [1.29, 1.82) is 0 Å². The molecule has 0 spiro atoms. The maximum Gasteiger partial charge on any atom is 0.289 e. The van der Waals surface area contributed by atoms with Crippen molar-refractivity contribution in [3.8, 4) is 0 Å². The lowest BCUT2D eigenvalue weighted by atomic mass is 10.3. The van der Waals surface area contributed by atoms with Gasteiger partial charge in [0.05, 0.1) is 0 Å². The number of nitrogens with two attached hydrogens (primary N) is 1. The second-order valence-electron chi connectivity index (χ2n) is 3.33. The smallest absolute Gasteiger partial charge is 0.289 e. The summed E-state index contributed by atoms with van der Waals surface area (Å²) in [7, 11) is 0. The summed E-state index contributed by atoms with van der Waals surface area (Å²) in [6.07, 6.45) is 0.317. The molecule has 0 saturated heterocycles. The number of carbonyl (C=O) groups excluding carboxylic acids is 1. The van der Waals surface area contributed by atoms with Crippen LogP contribution in [0.1, 0.15) is 23.9 Å². The minimum Gasteiger partial charge on any atom is -0.444 e. The average Bonchev–Trinajstić information content (AvgIpc) is 2.76. The summed E-state index contributed by atoms with van der Waals surface area (Å²) in [6.45, 7) is 2.75. The highest BCUT2D eigenvalue weighted by molar-refractivity contribution is 9.10. The van der Waals surface area contributed by atoms with Crippen LogP contribution in [0.5, 0.6) is 0 Å². The Morgan fingerprint density at radius 3 is 2.82 bits per heavy atom. The van der Waals surface area contributed by atoms with Gasteiger partial charge in [0.15, 0.2) is 10.4 Å². The van der Waals surface area contributed by atoms with Gasteiger partial charge < -0.3 is 20.3 Å². The molecular formula is C10H14BrN3O3. The van der Waals surface area contributed by atoms with Crippen LogP contribution >= 0.6 is 15.9 Å². The fourth-order valence-corrected chi connectivity index (χ4v) is 1.59. The van der Waals surface area contributed by atoms with Crippen LogP contribution < -0.4 is 5.73 Å². The Bertz CT molecular complexity index is 417. The number of hydrogen-bond acceptors (Lipinski definition) is 4. The number of amides is 1. The average molecular weight is 304 g/mol. The Morgan fingerprint density at radius 2 is 2.35 bits per heavy atom. The van der Waals surface area contributed by atoms with Crippen molar-refractivity contribution in [2.24, 2.45) is 10.9 Å². The molecule has 3 N–H and O–H groups in total. The molecule has 1 aromatic rings. The summed E-state index contributed by atoms with van der Waals surface area (Å²) in [4.78, 5) is 13.5. The molecule has 0 aliphatic rings. The number of furan rings is 1. The molecule has 0 radical (unpaired) electrons. The predicted molar refractivity (Wildman–Crippen MR) is 66.0 cm³/mol. The molecule has 1 rings (SSSR count). The van der Waals surface area contributed by atoms with Crippen molar-refractivity contribution in [2.75, 3.05) is 13.1 Å². The van der Waals surface area contributed by atoms with Crippen LogP contribution in [0.3, 0.4) is 0 Å². The highest BCUT2D eigenvalue weighted by Crippen LogP contribution is 2.15. The molecule has 0 saturated carbocycles. The van der Waals surface area contributed by atoms with Gasteiger partial charge >= 0.3 is 0 Å². The van der Waals surface area contributed by atoms with E-state index in [1.165, 1.54) is 0 Å². The Hall–Kier alpha value is -1.50. The van der Waals surface area contributed by atoms with Crippen molar-refractivity contribution in [1.82, 2.24) is 4.90 Å². The maximum atomic E-state index is 12.0. The van der Waals surface area contributed by atoms with Crippen LogP contribution in [0.2, 0.25) is 0 Å². The van der Waals surface area contributed by atoms with Crippen molar-refractivity contribution in [3.05, 3.63) is 22.6 Å². The third-order valence-electron chi connectivity index (χ3n) is 2.22. The molecule has 1 amide bonds. The molecule has 0 fully saturated rings. The summed E-state index contributed by atoms with van der Waals surface area (Å²) in [5, 5.41) is 11.3. The van der Waals surface area contributed by atoms with E-state index in [0.29, 0.717) is 24.2 Å². The van der Waals surface area contributed by atoms with Crippen molar-refractivity contribution in [2.45, 2.75) is 13.3 Å². The Kier molecular flexibility index (Phi) is 5.02. The van der Waals surface area contributed by atoms with Gasteiger partial charge in [-0.1, -0.05) is 5.16 Å². The number of oxime groups is 1. The second-order valence-corrected chi connectivity index (χ2v) is 4.11. The first kappa shape index (κ1) is 13.6. The third-order valence-corrected chi connectivity index (χ3v) is 2.65. The monoisotopic (exact) mass is 303 g/mol. The van der Waals surface area contributed by atoms with Gasteiger partial charge in [0.1, 0.15) is 5.84 Å². The molecular weight excluding hydrogens is 290 g/mol. The van der Waals surface area contributed by atoms with E-state index in [-0.39, 0.29) is 17.5 Å². The first-order chi connectivity index (χ1) is 8.08. The van der Waals surface area contributed by atoms with E-state index in [1.54, 1.807) is 17.0 Å². The Labute approximate surface area is 107 Å². The number of carbonyl (C=O) groups is 1. The molecule has 0 aromatic carbocycles. The van der Waals surface area contributed by atoms with Gasteiger partial charge in [-0.15, -0.1) is 0 Å². The molecule has 6 nitrogen and oxygen atoms in total. The lowest BCUT2D eigenvalue weighted by Crippen LogP contribution is -2.33. The highest BCUT2D eigenvalue weighted by atomic mass is 79.9. The van der Waals surface area contributed by atoms with Gasteiger partial charge in [-0.05, 0) is 35.0 Å². The predicted octanol–water partition coefficient (Wildman–Crippen LogP) is 1.64. The number of hydrogen-bond donors (Lipinski definition) is 2. The third kappa shape index (κ3) is 3.77. The maximum absolute atomic E-state index is 12.0. The van der Waals surface area contributed by atoms with E-state index in [1.807, 2.05) is 6.92 Å². The van der Waals surface area contributed by atoms with E-state index in [4.69, 9.17) is 15.4 Å². The first-order valence-electron chi connectivity index (χ1n) is 5.09. The van der Waals surface area contributed by atoms with Gasteiger partial charge in [-0.3, -0.25) is 4.79 Å². The van der Waals surface area contributed by atoms with E-state index in [2.05, 4.69) is 21.1 Å². The standard InChI is InChI=1S/C10H14BrN3O3/c1-2-14(6-5-9(12)13-16)10(15)7-3-4-8(11)17-7/h3-4,16H,2,5-6H2,1H3,(H2,12,13). The number of rotatable bonds is 5. The Morgan fingerprint density at radius 1 is 1.65 bits per heavy atom. The highest BCUT2D eigenvalue weighted by Gasteiger charge is 2.17. The normalized spacial score (nSPS) is 11.5. The number of nitrogens with zero attached hydrogens (tertiary/aromatic N) is 2. The SMILES string of the molecule is CCN(CC/C(N)=N/O)C(=O)c1ccc(Br)o1. The lowest BCUT2D eigenvalue weighted by Gasteiger charge is -2.18. The van der Waals surface area contributed by atoms with Crippen LogP contribution in [-0.4, -0.2) is 34.9 Å². The second kappa shape index (κ2) is 6.29. The van der Waals surface area contributed by atoms with E-state index in [9.17, 15) is 4.79 Å². The van der Waals surface area contributed by atoms with Gasteiger partial charge in [0.25, 0.3) is 5.91 Å². The molecule has 1 aromatic heterocycles. The fraction of sp³-hybridized carbons (Fsp3) is 0.400. The quantitative estimate of drug-likeness (QED) is 0.374. The summed E-state index contributed by atoms with van der Waals surface area (Å²) >= 11 is 3.14. The van der Waals surface area contributed by atoms with Gasteiger partial charge in [0, 0.05) is 19.5 Å². The topological polar surface area (TPSA) is 92.1 Å². The molecule has 0 aliphatic carbocycles. The zero-order valence-electron chi connectivity index (χ0n) is 9.39. The van der Waals surface area contributed by atoms with E-state index < -0.39 is 0 Å². The number of amidine groups is 1. The van der Waals surface area contributed by atoms with Crippen LogP contribution in [0.4, 0.5) is 0 Å². The Balaban J connectivity index is 2.64. The molecule has 94 valence electrons. The fourth-order valence-electron chi connectivity index (χ4n) is 1.29. The molecule has 0 unspecified atom stereocenters. The van der Waals surface area contributed by atoms with Gasteiger partial charge in [-0.2, -0.15) is 0 Å². The minimum atomic E-state index is -0.219. The molecule has 0 atom stereocenters. The molecule has 1 heterocycles. The van der Waals surface area contributed by atoms with Crippen LogP contribution in [-0.2, 0) is 0 Å². The largest absolute Gasteiger partial charge is 0.444 e. The first-order valence-corrected chi connectivity index (χ1v) is 5.88. The van der Waals surface area contributed by atoms with E-state index in [0.717, 1.165) is 0 Å². The summed E-state index contributed by atoms with van der Waals surface area (Å²) in [5.74, 6) is 0.138. The van der Waals surface area contributed by atoms with Crippen LogP contribution in [0.15, 0.2) is 26.4 Å². The van der Waals surface area contributed by atoms with Gasteiger partial charge in [-0.25, -0.2) is 0 Å². The van der Waals surface area contributed by atoms with E-state index >= 15 is 0 Å². The van der Waals surface area contributed by atoms with Crippen molar-refractivity contribution >= 4 is 27.7 Å². The zero-order chi connectivity index (χ0) is 12.8. The van der Waals surface area contributed by atoms with Crippen LogP contribution in [0.25, 0.3) is 0 Å². The molecule has 7 heteroatoms. The molecule has 0 aliphatic heterocycles. The summed E-state index contributed by atoms with van der Waals surface area (Å²) in [6, 6.07) is 3.25. The van der Waals surface area contributed by atoms with Crippen molar-refractivity contribution in [3.63, 3.8) is 0 Å². The van der Waals surface area contributed by atoms with Crippen molar-refractivity contribution < 1.29 is 14.4 Å².